The zero-order chi connectivity index (χ0) is 18.8. The Labute approximate surface area is 162 Å². The SMILES string of the molecule is Cc1nc(NC[C@H](N)Cc2ccccc2)sc1-c1ccc2n[nH]c(C)c2c1. The van der Waals surface area contributed by atoms with E-state index in [1.807, 2.05) is 32.0 Å². The number of hydrogen-bond donors (Lipinski definition) is 3. The van der Waals surface area contributed by atoms with E-state index in [1.54, 1.807) is 11.3 Å². The van der Waals surface area contributed by atoms with E-state index in [0.29, 0.717) is 6.54 Å². The third-order valence-electron chi connectivity index (χ3n) is 4.66. The maximum absolute atomic E-state index is 6.28. The van der Waals surface area contributed by atoms with E-state index < -0.39 is 0 Å². The van der Waals surface area contributed by atoms with E-state index in [-0.39, 0.29) is 6.04 Å². The van der Waals surface area contributed by atoms with Crippen LogP contribution >= 0.6 is 11.3 Å². The molecule has 1 atom stereocenters. The van der Waals surface area contributed by atoms with Gasteiger partial charge < -0.3 is 11.1 Å². The van der Waals surface area contributed by atoms with Crippen molar-refractivity contribution in [3.63, 3.8) is 0 Å². The van der Waals surface area contributed by atoms with Crippen LogP contribution in [0.5, 0.6) is 0 Å². The number of anilines is 1. The molecule has 6 heteroatoms. The Balaban J connectivity index is 1.46. The number of H-pyrrole nitrogens is 1. The number of benzene rings is 2. The van der Waals surface area contributed by atoms with E-state index in [4.69, 9.17) is 5.73 Å². The Morgan fingerprint density at radius 3 is 2.78 bits per heavy atom. The Morgan fingerprint density at radius 1 is 1.15 bits per heavy atom. The molecule has 4 N–H and O–H groups in total. The van der Waals surface area contributed by atoms with E-state index in [1.165, 1.54) is 16.0 Å². The van der Waals surface area contributed by atoms with Crippen molar-refractivity contribution in [2.75, 3.05) is 11.9 Å². The molecule has 0 aliphatic heterocycles. The van der Waals surface area contributed by atoms with Gasteiger partial charge in [0, 0.05) is 23.7 Å². The van der Waals surface area contributed by atoms with Crippen molar-refractivity contribution in [2.24, 2.45) is 5.73 Å². The minimum Gasteiger partial charge on any atom is -0.360 e. The number of aromatic amines is 1. The molecule has 0 saturated heterocycles. The molecule has 2 aromatic heterocycles. The molecule has 4 rings (SSSR count). The highest BCUT2D eigenvalue weighted by molar-refractivity contribution is 7.19. The van der Waals surface area contributed by atoms with Crippen molar-refractivity contribution in [3.8, 4) is 10.4 Å². The van der Waals surface area contributed by atoms with Crippen LogP contribution in [0.4, 0.5) is 5.13 Å². The maximum Gasteiger partial charge on any atom is 0.183 e. The number of nitrogens with zero attached hydrogens (tertiary/aromatic N) is 2. The Kier molecular flexibility index (Phi) is 4.92. The van der Waals surface area contributed by atoms with Crippen LogP contribution in [0.25, 0.3) is 21.3 Å². The predicted octanol–water partition coefficient (Wildman–Crippen LogP) is 4.29. The molecule has 0 aliphatic rings. The smallest absolute Gasteiger partial charge is 0.183 e. The zero-order valence-corrected chi connectivity index (χ0v) is 16.3. The van der Waals surface area contributed by atoms with E-state index in [2.05, 4.69) is 50.8 Å². The van der Waals surface area contributed by atoms with Crippen LogP contribution in [-0.4, -0.2) is 27.8 Å². The van der Waals surface area contributed by atoms with Gasteiger partial charge in [0.05, 0.1) is 16.1 Å². The maximum atomic E-state index is 6.28. The largest absolute Gasteiger partial charge is 0.360 e. The standard InChI is InChI=1S/C21H23N5S/c1-13-18-11-16(8-9-19(18)26-25-13)20-14(2)24-21(27-20)23-12-17(22)10-15-6-4-3-5-7-15/h3-9,11,17H,10,12,22H2,1-2H3,(H,23,24)(H,25,26)/t17-/m1/s1. The van der Waals surface area contributed by atoms with Gasteiger partial charge in [0.1, 0.15) is 0 Å². The molecule has 0 saturated carbocycles. The molecular weight excluding hydrogens is 354 g/mol. The fourth-order valence-electron chi connectivity index (χ4n) is 3.23. The van der Waals surface area contributed by atoms with Gasteiger partial charge in [-0.1, -0.05) is 47.7 Å². The van der Waals surface area contributed by atoms with Crippen molar-refractivity contribution in [3.05, 3.63) is 65.5 Å². The molecule has 0 unspecified atom stereocenters. The average Bonchev–Trinajstić information content (AvgIpc) is 3.23. The quantitative estimate of drug-likeness (QED) is 0.468. The van der Waals surface area contributed by atoms with Crippen molar-refractivity contribution in [1.29, 1.82) is 0 Å². The van der Waals surface area contributed by atoms with Gasteiger partial charge in [0.2, 0.25) is 0 Å². The van der Waals surface area contributed by atoms with Gasteiger partial charge in [-0.25, -0.2) is 4.98 Å². The molecule has 0 fully saturated rings. The second-order valence-corrected chi connectivity index (χ2v) is 7.84. The van der Waals surface area contributed by atoms with Crippen molar-refractivity contribution in [2.45, 2.75) is 26.3 Å². The van der Waals surface area contributed by atoms with Crippen molar-refractivity contribution < 1.29 is 0 Å². The van der Waals surface area contributed by atoms with Crippen LogP contribution in [0.2, 0.25) is 0 Å². The second-order valence-electron chi connectivity index (χ2n) is 6.84. The van der Waals surface area contributed by atoms with Gasteiger partial charge in [-0.2, -0.15) is 5.10 Å². The summed E-state index contributed by atoms with van der Waals surface area (Å²) in [5.74, 6) is 0. The lowest BCUT2D eigenvalue weighted by Gasteiger charge is -2.12. The number of fused-ring (bicyclic) bond motifs is 1. The fourth-order valence-corrected chi connectivity index (χ4v) is 4.20. The van der Waals surface area contributed by atoms with Gasteiger partial charge in [-0.3, -0.25) is 5.10 Å². The molecule has 0 spiro atoms. The van der Waals surface area contributed by atoms with Gasteiger partial charge >= 0.3 is 0 Å². The third-order valence-corrected chi connectivity index (χ3v) is 5.82. The first-order chi connectivity index (χ1) is 13.1. The fraction of sp³-hybridized carbons (Fsp3) is 0.238. The average molecular weight is 378 g/mol. The first kappa shape index (κ1) is 17.7. The normalized spacial score (nSPS) is 12.4. The Bertz CT molecular complexity index is 1050. The van der Waals surface area contributed by atoms with Gasteiger partial charge in [0.15, 0.2) is 5.13 Å². The molecule has 27 heavy (non-hydrogen) atoms. The lowest BCUT2D eigenvalue weighted by Crippen LogP contribution is -2.31. The Hall–Kier alpha value is -2.70. The van der Waals surface area contributed by atoms with Crippen LogP contribution in [0.15, 0.2) is 48.5 Å². The molecule has 0 radical (unpaired) electrons. The van der Waals surface area contributed by atoms with Crippen LogP contribution in [-0.2, 0) is 6.42 Å². The number of aryl methyl sites for hydroxylation is 2. The third kappa shape index (κ3) is 3.86. The molecule has 4 aromatic rings. The molecule has 2 heterocycles. The first-order valence-electron chi connectivity index (χ1n) is 9.06. The molecule has 0 aliphatic carbocycles. The summed E-state index contributed by atoms with van der Waals surface area (Å²) in [6, 6.07) is 16.7. The summed E-state index contributed by atoms with van der Waals surface area (Å²) in [4.78, 5) is 5.86. The highest BCUT2D eigenvalue weighted by atomic mass is 32.1. The second kappa shape index (κ2) is 7.50. The van der Waals surface area contributed by atoms with Crippen LogP contribution in [0, 0.1) is 13.8 Å². The summed E-state index contributed by atoms with van der Waals surface area (Å²) >= 11 is 1.67. The number of rotatable bonds is 6. The van der Waals surface area contributed by atoms with Crippen LogP contribution in [0.1, 0.15) is 17.0 Å². The summed E-state index contributed by atoms with van der Waals surface area (Å²) in [5, 5.41) is 12.8. The monoisotopic (exact) mass is 377 g/mol. The molecule has 0 bridgehead atoms. The van der Waals surface area contributed by atoms with E-state index in [9.17, 15) is 0 Å². The topological polar surface area (TPSA) is 79.6 Å². The lowest BCUT2D eigenvalue weighted by atomic mass is 10.1. The van der Waals surface area contributed by atoms with Crippen LogP contribution in [0.3, 0.4) is 0 Å². The van der Waals surface area contributed by atoms with Crippen molar-refractivity contribution >= 4 is 27.4 Å². The number of aromatic nitrogens is 3. The zero-order valence-electron chi connectivity index (χ0n) is 15.5. The molecular formula is C21H23N5S. The van der Waals surface area contributed by atoms with Crippen molar-refractivity contribution in [1.82, 2.24) is 15.2 Å². The number of nitrogens with two attached hydrogens (primary N) is 1. The number of nitrogens with one attached hydrogen (secondary N) is 2. The molecule has 0 amide bonds. The van der Waals surface area contributed by atoms with Gasteiger partial charge in [-0.05, 0) is 43.5 Å². The van der Waals surface area contributed by atoms with E-state index in [0.717, 1.165) is 33.8 Å². The summed E-state index contributed by atoms with van der Waals surface area (Å²) < 4.78 is 0. The Morgan fingerprint density at radius 2 is 1.96 bits per heavy atom. The molecule has 5 nitrogen and oxygen atoms in total. The summed E-state index contributed by atoms with van der Waals surface area (Å²) in [7, 11) is 0. The van der Waals surface area contributed by atoms with Gasteiger partial charge in [-0.15, -0.1) is 0 Å². The minimum absolute atomic E-state index is 0.0463. The minimum atomic E-state index is 0.0463. The lowest BCUT2D eigenvalue weighted by molar-refractivity contribution is 0.699. The van der Waals surface area contributed by atoms with E-state index >= 15 is 0 Å². The predicted molar refractivity (Wildman–Crippen MR) is 113 cm³/mol. The molecule has 138 valence electrons. The van der Waals surface area contributed by atoms with Gasteiger partial charge in [0.25, 0.3) is 0 Å². The summed E-state index contributed by atoms with van der Waals surface area (Å²) in [6.45, 7) is 4.79. The highest BCUT2D eigenvalue weighted by Crippen LogP contribution is 2.34. The highest BCUT2D eigenvalue weighted by Gasteiger charge is 2.13. The summed E-state index contributed by atoms with van der Waals surface area (Å²) in [6.07, 6.45) is 0.849. The number of hydrogen-bond acceptors (Lipinski definition) is 5. The van der Waals surface area contributed by atoms with Crippen LogP contribution < -0.4 is 11.1 Å². The summed E-state index contributed by atoms with van der Waals surface area (Å²) in [5.41, 5.74) is 11.8. The molecule has 2 aromatic carbocycles. The number of thiazole rings is 1. The first-order valence-corrected chi connectivity index (χ1v) is 9.87.